The topological polar surface area (TPSA) is 26.0 Å². The Hall–Kier alpha value is -2.18. The van der Waals surface area contributed by atoms with Gasteiger partial charge in [0, 0.05) is 5.69 Å². The average Bonchev–Trinajstić information content (AvgIpc) is 2.37. The van der Waals surface area contributed by atoms with Crippen LogP contribution in [0, 0.1) is 0 Å². The van der Waals surface area contributed by atoms with Gasteiger partial charge in [0.2, 0.25) is 0 Å². The average molecular weight is 305 g/mol. The van der Waals surface area contributed by atoms with Gasteiger partial charge < -0.3 is 5.73 Å². The molecule has 7 heteroatoms. The van der Waals surface area contributed by atoms with Crippen LogP contribution in [-0.2, 0) is 12.4 Å². The van der Waals surface area contributed by atoms with Crippen molar-refractivity contribution in [3.8, 4) is 11.1 Å². The summed E-state index contributed by atoms with van der Waals surface area (Å²) in [4.78, 5) is 0. The maximum absolute atomic E-state index is 12.7. The van der Waals surface area contributed by atoms with Crippen LogP contribution in [0.25, 0.3) is 11.1 Å². The monoisotopic (exact) mass is 305 g/mol. The Bertz CT molecular complexity index is 640. The molecule has 0 aromatic heterocycles. The van der Waals surface area contributed by atoms with Crippen LogP contribution in [0.15, 0.2) is 42.5 Å². The molecule has 0 aliphatic carbocycles. The van der Waals surface area contributed by atoms with E-state index in [0.29, 0.717) is 0 Å². The molecule has 0 fully saturated rings. The first-order valence-corrected chi connectivity index (χ1v) is 5.73. The molecule has 0 saturated carbocycles. The summed E-state index contributed by atoms with van der Waals surface area (Å²) in [5.41, 5.74) is 3.34. The van der Waals surface area contributed by atoms with Crippen molar-refractivity contribution in [1.29, 1.82) is 0 Å². The van der Waals surface area contributed by atoms with Gasteiger partial charge in [0.1, 0.15) is 0 Å². The number of hydrogen-bond donors (Lipinski definition) is 1. The zero-order chi connectivity index (χ0) is 15.8. The Morgan fingerprint density at radius 2 is 1.19 bits per heavy atom. The highest BCUT2D eigenvalue weighted by atomic mass is 19.4. The molecule has 0 radical (unpaired) electrons. The van der Waals surface area contributed by atoms with Gasteiger partial charge >= 0.3 is 12.4 Å². The quantitative estimate of drug-likeness (QED) is 0.584. The lowest BCUT2D eigenvalue weighted by atomic mass is 10.0. The van der Waals surface area contributed by atoms with E-state index in [-0.39, 0.29) is 11.1 Å². The number of halogens is 6. The lowest BCUT2D eigenvalue weighted by Gasteiger charge is -2.12. The van der Waals surface area contributed by atoms with Crippen molar-refractivity contribution >= 4 is 5.69 Å². The third kappa shape index (κ3) is 3.29. The molecule has 0 aliphatic heterocycles. The third-order valence-corrected chi connectivity index (χ3v) is 2.90. The smallest absolute Gasteiger partial charge is 0.398 e. The molecule has 0 unspecified atom stereocenters. The lowest BCUT2D eigenvalue weighted by molar-refractivity contribution is -0.138. The van der Waals surface area contributed by atoms with Crippen LogP contribution < -0.4 is 5.73 Å². The fourth-order valence-corrected chi connectivity index (χ4v) is 1.83. The van der Waals surface area contributed by atoms with Crippen molar-refractivity contribution in [1.82, 2.24) is 0 Å². The fourth-order valence-electron chi connectivity index (χ4n) is 1.83. The van der Waals surface area contributed by atoms with Crippen LogP contribution in [0.1, 0.15) is 11.1 Å². The molecule has 2 rings (SSSR count). The van der Waals surface area contributed by atoms with E-state index in [0.717, 1.165) is 36.4 Å². The van der Waals surface area contributed by atoms with E-state index in [1.807, 2.05) is 0 Å². The maximum Gasteiger partial charge on any atom is 0.418 e. The van der Waals surface area contributed by atoms with E-state index in [1.165, 1.54) is 6.07 Å². The van der Waals surface area contributed by atoms with Crippen LogP contribution in [0.2, 0.25) is 0 Å². The van der Waals surface area contributed by atoms with E-state index in [9.17, 15) is 26.3 Å². The minimum Gasteiger partial charge on any atom is -0.398 e. The van der Waals surface area contributed by atoms with Gasteiger partial charge in [0.15, 0.2) is 0 Å². The van der Waals surface area contributed by atoms with E-state index in [1.54, 1.807) is 0 Å². The Kier molecular flexibility index (Phi) is 3.61. The van der Waals surface area contributed by atoms with E-state index in [2.05, 4.69) is 0 Å². The lowest BCUT2D eigenvalue weighted by Crippen LogP contribution is -2.09. The second-order valence-electron chi connectivity index (χ2n) is 4.37. The second-order valence-corrected chi connectivity index (χ2v) is 4.37. The number of alkyl halides is 6. The number of rotatable bonds is 1. The molecular weight excluding hydrogens is 296 g/mol. The van der Waals surface area contributed by atoms with Crippen LogP contribution in [0.5, 0.6) is 0 Å². The van der Waals surface area contributed by atoms with Gasteiger partial charge in [0.25, 0.3) is 0 Å². The summed E-state index contributed by atoms with van der Waals surface area (Å²) in [5, 5.41) is 0. The molecule has 21 heavy (non-hydrogen) atoms. The molecule has 112 valence electrons. The second kappa shape index (κ2) is 4.98. The number of nitrogens with two attached hydrogens (primary N) is 1. The normalized spacial score (nSPS) is 12.5. The van der Waals surface area contributed by atoms with Crippen LogP contribution in [0.3, 0.4) is 0 Å². The fraction of sp³-hybridized carbons (Fsp3) is 0.143. The molecule has 2 N–H and O–H groups in total. The Morgan fingerprint density at radius 1 is 0.667 bits per heavy atom. The SMILES string of the molecule is Nc1ccc(-c2ccc(C(F)(F)F)cc2)cc1C(F)(F)F. The predicted octanol–water partition coefficient (Wildman–Crippen LogP) is 4.97. The molecule has 0 bridgehead atoms. The van der Waals surface area contributed by atoms with Crippen molar-refractivity contribution < 1.29 is 26.3 Å². The molecular formula is C14H9F6N. The van der Waals surface area contributed by atoms with E-state index < -0.39 is 29.2 Å². The maximum atomic E-state index is 12.7. The first-order chi connectivity index (χ1) is 9.59. The molecule has 0 amide bonds. The zero-order valence-electron chi connectivity index (χ0n) is 10.4. The Labute approximate surface area is 116 Å². The van der Waals surface area contributed by atoms with Crippen molar-refractivity contribution in [3.63, 3.8) is 0 Å². The summed E-state index contributed by atoms with van der Waals surface area (Å²) in [7, 11) is 0. The summed E-state index contributed by atoms with van der Waals surface area (Å²) >= 11 is 0. The van der Waals surface area contributed by atoms with Crippen molar-refractivity contribution in [2.24, 2.45) is 0 Å². The number of anilines is 1. The summed E-state index contributed by atoms with van der Waals surface area (Å²) in [5.74, 6) is 0. The molecule has 2 aromatic carbocycles. The minimum absolute atomic E-state index is 0.144. The van der Waals surface area contributed by atoms with Gasteiger partial charge in [-0.1, -0.05) is 18.2 Å². The van der Waals surface area contributed by atoms with Crippen molar-refractivity contribution in [2.75, 3.05) is 5.73 Å². The molecule has 0 heterocycles. The number of nitrogen functional groups attached to an aromatic ring is 1. The highest BCUT2D eigenvalue weighted by Gasteiger charge is 2.33. The molecule has 2 aromatic rings. The Balaban J connectivity index is 2.44. The summed E-state index contributed by atoms with van der Waals surface area (Å²) in [6.07, 6.45) is -9.11. The van der Waals surface area contributed by atoms with Gasteiger partial charge in [-0.05, 0) is 35.4 Å². The minimum atomic E-state index is -4.62. The van der Waals surface area contributed by atoms with Gasteiger partial charge in [0.05, 0.1) is 11.1 Å². The number of benzene rings is 2. The summed E-state index contributed by atoms with van der Waals surface area (Å²) in [6, 6.07) is 7.10. The third-order valence-electron chi connectivity index (χ3n) is 2.90. The molecule has 0 aliphatic rings. The molecule has 0 atom stereocenters. The highest BCUT2D eigenvalue weighted by molar-refractivity contribution is 5.68. The Morgan fingerprint density at radius 3 is 1.67 bits per heavy atom. The van der Waals surface area contributed by atoms with Crippen molar-refractivity contribution in [3.05, 3.63) is 53.6 Å². The van der Waals surface area contributed by atoms with E-state index in [4.69, 9.17) is 5.73 Å². The standard InChI is InChI=1S/C14H9F6N/c15-13(16,17)10-4-1-8(2-5-10)9-3-6-12(21)11(7-9)14(18,19)20/h1-7H,21H2. The van der Waals surface area contributed by atoms with Gasteiger partial charge in [-0.15, -0.1) is 0 Å². The molecule has 0 spiro atoms. The first kappa shape index (κ1) is 15.2. The van der Waals surface area contributed by atoms with Crippen LogP contribution in [0.4, 0.5) is 32.0 Å². The van der Waals surface area contributed by atoms with Crippen LogP contribution >= 0.6 is 0 Å². The summed E-state index contributed by atoms with van der Waals surface area (Å²) in [6.45, 7) is 0. The molecule has 0 saturated heterocycles. The first-order valence-electron chi connectivity index (χ1n) is 5.73. The predicted molar refractivity (Wildman–Crippen MR) is 66.3 cm³/mol. The highest BCUT2D eigenvalue weighted by Crippen LogP contribution is 2.37. The van der Waals surface area contributed by atoms with Crippen LogP contribution in [-0.4, -0.2) is 0 Å². The van der Waals surface area contributed by atoms with Crippen molar-refractivity contribution in [2.45, 2.75) is 12.4 Å². The van der Waals surface area contributed by atoms with Gasteiger partial charge in [-0.2, -0.15) is 26.3 Å². The van der Waals surface area contributed by atoms with Gasteiger partial charge in [-0.25, -0.2) is 0 Å². The van der Waals surface area contributed by atoms with E-state index >= 15 is 0 Å². The zero-order valence-corrected chi connectivity index (χ0v) is 10.4. The largest absolute Gasteiger partial charge is 0.418 e. The molecule has 1 nitrogen and oxygen atoms in total. The summed E-state index contributed by atoms with van der Waals surface area (Å²) < 4.78 is 75.5. The number of hydrogen-bond acceptors (Lipinski definition) is 1. The van der Waals surface area contributed by atoms with Gasteiger partial charge in [-0.3, -0.25) is 0 Å².